The van der Waals surface area contributed by atoms with Crippen LogP contribution in [0.1, 0.15) is 18.4 Å². The molecule has 1 amide bonds. The summed E-state index contributed by atoms with van der Waals surface area (Å²) < 4.78 is 5.25. The summed E-state index contributed by atoms with van der Waals surface area (Å²) in [6.45, 7) is 1.37. The molecule has 1 aliphatic rings. The lowest BCUT2D eigenvalue weighted by molar-refractivity contribution is -0.131. The lowest BCUT2D eigenvalue weighted by Crippen LogP contribution is -2.39. The number of para-hydroxylation sites is 1. The van der Waals surface area contributed by atoms with Crippen molar-refractivity contribution in [3.63, 3.8) is 0 Å². The molecule has 0 atom stereocenters. The van der Waals surface area contributed by atoms with E-state index in [1.54, 1.807) is 7.11 Å². The van der Waals surface area contributed by atoms with Crippen LogP contribution in [0.25, 0.3) is 0 Å². The molecule has 0 spiro atoms. The zero-order valence-electron chi connectivity index (χ0n) is 11.1. The second kappa shape index (κ2) is 6.24. The molecule has 0 aliphatic carbocycles. The van der Waals surface area contributed by atoms with Crippen molar-refractivity contribution in [3.05, 3.63) is 29.8 Å². The number of piperidine rings is 1. The first-order chi connectivity index (χ1) is 9.24. The summed E-state index contributed by atoms with van der Waals surface area (Å²) in [6.07, 6.45) is 1.93. The standard InChI is InChI=1S/C15H18N2O2/c1-19-14-5-3-2-4-13(14)10-15(18)17-8-6-12(11-16)7-9-17/h2-5,12H,6-10H2,1H3. The van der Waals surface area contributed by atoms with Crippen molar-refractivity contribution >= 4 is 5.91 Å². The number of nitriles is 1. The van der Waals surface area contributed by atoms with Gasteiger partial charge < -0.3 is 9.64 Å². The van der Waals surface area contributed by atoms with Crippen molar-refractivity contribution in [2.24, 2.45) is 5.92 Å². The van der Waals surface area contributed by atoms with Gasteiger partial charge in [-0.15, -0.1) is 0 Å². The first-order valence-electron chi connectivity index (χ1n) is 6.54. The summed E-state index contributed by atoms with van der Waals surface area (Å²) in [5.74, 6) is 0.971. The first kappa shape index (κ1) is 13.4. The Balaban J connectivity index is 1.96. The molecule has 0 radical (unpaired) electrons. The molecule has 1 aromatic carbocycles. The molecule has 4 heteroatoms. The van der Waals surface area contributed by atoms with Crippen molar-refractivity contribution in [1.82, 2.24) is 4.90 Å². The highest BCUT2D eigenvalue weighted by Crippen LogP contribution is 2.21. The number of hydrogen-bond acceptors (Lipinski definition) is 3. The maximum absolute atomic E-state index is 12.2. The van der Waals surface area contributed by atoms with Crippen LogP contribution < -0.4 is 4.74 Å². The lowest BCUT2D eigenvalue weighted by Gasteiger charge is -2.29. The van der Waals surface area contributed by atoms with Crippen LogP contribution in [-0.4, -0.2) is 31.0 Å². The van der Waals surface area contributed by atoms with Gasteiger partial charge in [-0.3, -0.25) is 4.79 Å². The van der Waals surface area contributed by atoms with Crippen LogP contribution in [0.2, 0.25) is 0 Å². The van der Waals surface area contributed by atoms with Crippen molar-refractivity contribution < 1.29 is 9.53 Å². The van der Waals surface area contributed by atoms with Gasteiger partial charge in [0.1, 0.15) is 5.75 Å². The predicted octanol–water partition coefficient (Wildman–Crippen LogP) is 2.00. The number of benzene rings is 1. The van der Waals surface area contributed by atoms with Gasteiger partial charge in [-0.05, 0) is 18.9 Å². The zero-order chi connectivity index (χ0) is 13.7. The van der Waals surface area contributed by atoms with Crippen LogP contribution in [0.3, 0.4) is 0 Å². The summed E-state index contributed by atoms with van der Waals surface area (Å²) in [7, 11) is 1.61. The minimum Gasteiger partial charge on any atom is -0.496 e. The third-order valence-electron chi connectivity index (χ3n) is 3.56. The van der Waals surface area contributed by atoms with Crippen LogP contribution in [-0.2, 0) is 11.2 Å². The topological polar surface area (TPSA) is 53.3 Å². The van der Waals surface area contributed by atoms with Gasteiger partial charge in [0.05, 0.1) is 19.6 Å². The molecule has 0 bridgehead atoms. The van der Waals surface area contributed by atoms with Gasteiger partial charge in [0.25, 0.3) is 0 Å². The molecule has 100 valence electrons. The summed E-state index contributed by atoms with van der Waals surface area (Å²) in [4.78, 5) is 14.1. The van der Waals surface area contributed by atoms with Crippen molar-refractivity contribution in [2.75, 3.05) is 20.2 Å². The third kappa shape index (κ3) is 3.25. The molecular formula is C15H18N2O2. The summed E-state index contributed by atoms with van der Waals surface area (Å²) >= 11 is 0. The monoisotopic (exact) mass is 258 g/mol. The average molecular weight is 258 g/mol. The van der Waals surface area contributed by atoms with Crippen molar-refractivity contribution in [3.8, 4) is 11.8 Å². The summed E-state index contributed by atoms with van der Waals surface area (Å²) in [5.41, 5.74) is 0.914. The molecule has 1 aliphatic heterocycles. The van der Waals surface area contributed by atoms with E-state index in [1.807, 2.05) is 29.2 Å². The largest absolute Gasteiger partial charge is 0.496 e. The maximum Gasteiger partial charge on any atom is 0.227 e. The maximum atomic E-state index is 12.2. The van der Waals surface area contributed by atoms with Gasteiger partial charge in [0, 0.05) is 24.6 Å². The quantitative estimate of drug-likeness (QED) is 0.833. The van der Waals surface area contributed by atoms with Gasteiger partial charge in [-0.2, -0.15) is 5.26 Å². The SMILES string of the molecule is COc1ccccc1CC(=O)N1CCC(C#N)CC1. The first-order valence-corrected chi connectivity index (χ1v) is 6.54. The molecule has 1 saturated heterocycles. The molecule has 0 aromatic heterocycles. The Morgan fingerprint density at radius 1 is 1.42 bits per heavy atom. The van der Waals surface area contributed by atoms with Crippen LogP contribution in [0, 0.1) is 17.2 Å². The molecule has 4 nitrogen and oxygen atoms in total. The van der Waals surface area contributed by atoms with Gasteiger partial charge in [0.15, 0.2) is 0 Å². The van der Waals surface area contributed by atoms with Crippen LogP contribution in [0.5, 0.6) is 5.75 Å². The fourth-order valence-electron chi connectivity index (χ4n) is 2.38. The third-order valence-corrected chi connectivity index (χ3v) is 3.56. The Bertz CT molecular complexity index is 485. The van der Waals surface area contributed by atoms with Gasteiger partial charge in [-0.25, -0.2) is 0 Å². The fourth-order valence-corrected chi connectivity index (χ4v) is 2.38. The van der Waals surface area contributed by atoms with E-state index in [-0.39, 0.29) is 11.8 Å². The molecule has 0 saturated carbocycles. The molecule has 1 aromatic rings. The van der Waals surface area contributed by atoms with Crippen LogP contribution in [0.15, 0.2) is 24.3 Å². The Morgan fingerprint density at radius 3 is 2.74 bits per heavy atom. The number of carbonyl (C=O) groups excluding carboxylic acids is 1. The number of ether oxygens (including phenoxy) is 1. The van der Waals surface area contributed by atoms with E-state index in [0.29, 0.717) is 19.5 Å². The Morgan fingerprint density at radius 2 is 2.11 bits per heavy atom. The van der Waals surface area contributed by atoms with Crippen LogP contribution in [0.4, 0.5) is 0 Å². The van der Waals surface area contributed by atoms with Gasteiger partial charge in [-0.1, -0.05) is 18.2 Å². The number of carbonyl (C=O) groups is 1. The number of rotatable bonds is 3. The summed E-state index contributed by atoms with van der Waals surface area (Å²) in [6, 6.07) is 9.86. The Kier molecular flexibility index (Phi) is 4.40. The molecule has 1 heterocycles. The number of hydrogen-bond donors (Lipinski definition) is 0. The minimum absolute atomic E-state index is 0.107. The van der Waals surface area contributed by atoms with Crippen molar-refractivity contribution in [2.45, 2.75) is 19.3 Å². The highest BCUT2D eigenvalue weighted by Gasteiger charge is 2.23. The zero-order valence-corrected chi connectivity index (χ0v) is 11.1. The van der Waals surface area contributed by atoms with E-state index in [2.05, 4.69) is 6.07 Å². The van der Waals surface area contributed by atoms with E-state index in [9.17, 15) is 4.79 Å². The minimum atomic E-state index is 0.107. The smallest absolute Gasteiger partial charge is 0.227 e. The van der Waals surface area contributed by atoms with Crippen LogP contribution >= 0.6 is 0 Å². The highest BCUT2D eigenvalue weighted by atomic mass is 16.5. The van der Waals surface area contributed by atoms with E-state index in [1.165, 1.54) is 0 Å². The van der Waals surface area contributed by atoms with E-state index < -0.39 is 0 Å². The Hall–Kier alpha value is -2.02. The molecule has 0 N–H and O–H groups in total. The second-order valence-corrected chi connectivity index (χ2v) is 4.77. The fraction of sp³-hybridized carbons (Fsp3) is 0.467. The number of amides is 1. The predicted molar refractivity (Wildman–Crippen MR) is 71.6 cm³/mol. The number of likely N-dealkylation sites (tertiary alicyclic amines) is 1. The summed E-state index contributed by atoms with van der Waals surface area (Å²) in [5, 5.41) is 8.85. The number of nitrogens with zero attached hydrogens (tertiary/aromatic N) is 2. The van der Waals surface area contributed by atoms with E-state index in [4.69, 9.17) is 10.00 Å². The van der Waals surface area contributed by atoms with Gasteiger partial charge in [0.2, 0.25) is 5.91 Å². The second-order valence-electron chi connectivity index (χ2n) is 4.77. The molecule has 1 fully saturated rings. The highest BCUT2D eigenvalue weighted by molar-refractivity contribution is 5.79. The average Bonchev–Trinajstić information content (AvgIpc) is 2.48. The van der Waals surface area contributed by atoms with Gasteiger partial charge >= 0.3 is 0 Å². The molecular weight excluding hydrogens is 240 g/mol. The molecule has 2 rings (SSSR count). The molecule has 0 unspecified atom stereocenters. The van der Waals surface area contributed by atoms with E-state index >= 15 is 0 Å². The Labute approximate surface area is 113 Å². The normalized spacial score (nSPS) is 15.9. The molecule has 19 heavy (non-hydrogen) atoms. The lowest BCUT2D eigenvalue weighted by atomic mass is 9.98. The van der Waals surface area contributed by atoms with E-state index in [0.717, 1.165) is 24.2 Å². The van der Waals surface area contributed by atoms with Crippen molar-refractivity contribution in [1.29, 1.82) is 5.26 Å². The number of methoxy groups -OCH3 is 1.